The number of aromatic nitrogens is 3. The molecule has 96 valence electrons. The molecule has 2 heterocycles. The van der Waals surface area contributed by atoms with Gasteiger partial charge in [0, 0.05) is 35.3 Å². The number of nitrogens with one attached hydrogen (secondary N) is 1. The number of rotatable bonds is 5. The van der Waals surface area contributed by atoms with Crippen molar-refractivity contribution < 1.29 is 0 Å². The minimum atomic E-state index is 0.461. The quantitative estimate of drug-likeness (QED) is 0.923. The third-order valence-electron chi connectivity index (χ3n) is 2.58. The van der Waals surface area contributed by atoms with E-state index in [1.807, 2.05) is 18.6 Å². The molecule has 0 saturated carbocycles. The molecule has 2 aromatic heterocycles. The summed E-state index contributed by atoms with van der Waals surface area (Å²) in [7, 11) is 0. The van der Waals surface area contributed by atoms with Gasteiger partial charge in [0.2, 0.25) is 0 Å². The second-order valence-corrected chi connectivity index (χ2v) is 5.43. The first-order chi connectivity index (χ1) is 8.65. The summed E-state index contributed by atoms with van der Waals surface area (Å²) in [6.07, 6.45) is 7.50. The zero-order valence-corrected chi connectivity index (χ0v) is 12.2. The molecule has 0 amide bonds. The van der Waals surface area contributed by atoms with Crippen molar-refractivity contribution in [3.8, 4) is 0 Å². The number of nitrogens with zero attached hydrogens (tertiary/aromatic N) is 3. The number of hydrogen-bond donors (Lipinski definition) is 1. The minimum absolute atomic E-state index is 0.461. The molecule has 0 radical (unpaired) electrons. The smallest absolute Gasteiger partial charge is 0.122 e. The number of halogens is 1. The summed E-state index contributed by atoms with van der Waals surface area (Å²) in [5.41, 5.74) is 1.16. The highest BCUT2D eigenvalue weighted by Gasteiger charge is 2.04. The van der Waals surface area contributed by atoms with E-state index in [9.17, 15) is 0 Å². The molecule has 1 N–H and O–H groups in total. The highest BCUT2D eigenvalue weighted by atomic mass is 79.9. The van der Waals surface area contributed by atoms with Crippen LogP contribution >= 0.6 is 15.9 Å². The second kappa shape index (κ2) is 6.11. The van der Waals surface area contributed by atoms with Crippen molar-refractivity contribution in [3.63, 3.8) is 0 Å². The molecule has 0 aliphatic carbocycles. The largest absolute Gasteiger partial charge is 0.329 e. The lowest BCUT2D eigenvalue weighted by molar-refractivity contribution is 0.554. The summed E-state index contributed by atoms with van der Waals surface area (Å²) < 4.78 is 3.14. The Balaban J connectivity index is 2.07. The Morgan fingerprint density at radius 2 is 2.22 bits per heavy atom. The Kier molecular flexibility index (Phi) is 4.49. The van der Waals surface area contributed by atoms with Crippen LogP contribution in [0.4, 0.5) is 0 Å². The van der Waals surface area contributed by atoms with Crippen LogP contribution in [-0.4, -0.2) is 20.6 Å². The zero-order valence-electron chi connectivity index (χ0n) is 10.6. The molecule has 0 bridgehead atoms. The van der Waals surface area contributed by atoms with Gasteiger partial charge in [-0.2, -0.15) is 0 Å². The first-order valence-corrected chi connectivity index (χ1v) is 6.77. The standard InChI is InChI=1S/C13H17BrN4/c1-10(2)17-8-13-16-3-4-18(13)9-11-5-12(14)7-15-6-11/h3-7,10,17H,8-9H2,1-2H3. The van der Waals surface area contributed by atoms with Gasteiger partial charge in [-0.1, -0.05) is 13.8 Å². The maximum absolute atomic E-state index is 4.38. The number of pyridine rings is 1. The van der Waals surface area contributed by atoms with Crippen LogP contribution in [0.15, 0.2) is 35.3 Å². The van der Waals surface area contributed by atoms with Gasteiger partial charge in [0.25, 0.3) is 0 Å². The Bertz CT molecular complexity index is 507. The van der Waals surface area contributed by atoms with E-state index < -0.39 is 0 Å². The summed E-state index contributed by atoms with van der Waals surface area (Å²) in [5, 5.41) is 3.38. The molecule has 2 aromatic rings. The van der Waals surface area contributed by atoms with Crippen molar-refractivity contribution in [2.45, 2.75) is 33.0 Å². The first kappa shape index (κ1) is 13.2. The van der Waals surface area contributed by atoms with E-state index in [0.29, 0.717) is 6.04 Å². The highest BCUT2D eigenvalue weighted by Crippen LogP contribution is 2.11. The fourth-order valence-corrected chi connectivity index (χ4v) is 2.10. The van der Waals surface area contributed by atoms with Crippen LogP contribution in [-0.2, 0) is 13.1 Å². The molecular formula is C13H17BrN4. The summed E-state index contributed by atoms with van der Waals surface area (Å²) in [5.74, 6) is 1.05. The molecule has 0 aliphatic heterocycles. The third-order valence-corrected chi connectivity index (χ3v) is 3.02. The maximum atomic E-state index is 4.38. The van der Waals surface area contributed by atoms with Gasteiger partial charge in [0.15, 0.2) is 0 Å². The first-order valence-electron chi connectivity index (χ1n) is 5.98. The topological polar surface area (TPSA) is 42.7 Å². The van der Waals surface area contributed by atoms with E-state index in [-0.39, 0.29) is 0 Å². The third kappa shape index (κ3) is 3.65. The van der Waals surface area contributed by atoms with Crippen molar-refractivity contribution >= 4 is 15.9 Å². The molecule has 4 nitrogen and oxygen atoms in total. The molecule has 0 fully saturated rings. The summed E-state index contributed by atoms with van der Waals surface area (Å²) in [6, 6.07) is 2.54. The molecular weight excluding hydrogens is 292 g/mol. The molecule has 0 unspecified atom stereocenters. The van der Waals surface area contributed by atoms with Crippen molar-refractivity contribution in [2.75, 3.05) is 0 Å². The molecule has 0 saturated heterocycles. The van der Waals surface area contributed by atoms with Crippen molar-refractivity contribution in [1.82, 2.24) is 19.9 Å². The van der Waals surface area contributed by atoms with Crippen molar-refractivity contribution in [2.24, 2.45) is 0 Å². The molecule has 0 aliphatic rings. The summed E-state index contributed by atoms with van der Waals surface area (Å²) >= 11 is 3.43. The minimum Gasteiger partial charge on any atom is -0.329 e. The normalized spacial score (nSPS) is 11.1. The Hall–Kier alpha value is -1.20. The average Bonchev–Trinajstić information content (AvgIpc) is 2.74. The van der Waals surface area contributed by atoms with Crippen molar-refractivity contribution in [3.05, 3.63) is 46.7 Å². The van der Waals surface area contributed by atoms with Crippen LogP contribution in [0.5, 0.6) is 0 Å². The Morgan fingerprint density at radius 3 is 2.94 bits per heavy atom. The van der Waals surface area contributed by atoms with Gasteiger partial charge in [-0.3, -0.25) is 4.98 Å². The highest BCUT2D eigenvalue weighted by molar-refractivity contribution is 9.10. The Morgan fingerprint density at radius 1 is 1.39 bits per heavy atom. The van der Waals surface area contributed by atoms with Crippen LogP contribution in [0.3, 0.4) is 0 Å². The van der Waals surface area contributed by atoms with Gasteiger partial charge < -0.3 is 9.88 Å². The predicted octanol–water partition coefficient (Wildman–Crippen LogP) is 2.59. The van der Waals surface area contributed by atoms with Crippen LogP contribution in [0.25, 0.3) is 0 Å². The summed E-state index contributed by atoms with van der Waals surface area (Å²) in [6.45, 7) is 5.84. The molecule has 0 aromatic carbocycles. The fraction of sp³-hybridized carbons (Fsp3) is 0.385. The van der Waals surface area contributed by atoms with E-state index in [4.69, 9.17) is 0 Å². The lowest BCUT2D eigenvalue weighted by atomic mass is 10.3. The van der Waals surface area contributed by atoms with E-state index in [1.165, 1.54) is 0 Å². The van der Waals surface area contributed by atoms with Gasteiger partial charge in [0.1, 0.15) is 5.82 Å². The molecule has 0 spiro atoms. The van der Waals surface area contributed by atoms with E-state index >= 15 is 0 Å². The average molecular weight is 309 g/mol. The fourth-order valence-electron chi connectivity index (χ4n) is 1.69. The van der Waals surface area contributed by atoms with E-state index in [1.54, 1.807) is 6.20 Å². The van der Waals surface area contributed by atoms with Gasteiger partial charge in [-0.25, -0.2) is 4.98 Å². The van der Waals surface area contributed by atoms with Gasteiger partial charge >= 0.3 is 0 Å². The maximum Gasteiger partial charge on any atom is 0.122 e. The van der Waals surface area contributed by atoms with Crippen LogP contribution in [0, 0.1) is 0 Å². The predicted molar refractivity (Wildman–Crippen MR) is 75.2 cm³/mol. The van der Waals surface area contributed by atoms with Crippen LogP contribution < -0.4 is 5.32 Å². The second-order valence-electron chi connectivity index (χ2n) is 4.52. The van der Waals surface area contributed by atoms with Gasteiger partial charge in [-0.05, 0) is 27.6 Å². The zero-order chi connectivity index (χ0) is 13.0. The lowest BCUT2D eigenvalue weighted by Gasteiger charge is -2.10. The SMILES string of the molecule is CC(C)NCc1nccn1Cc1cncc(Br)c1. The monoisotopic (exact) mass is 308 g/mol. The van der Waals surface area contributed by atoms with Gasteiger partial charge in [0.05, 0.1) is 13.1 Å². The van der Waals surface area contributed by atoms with Gasteiger partial charge in [-0.15, -0.1) is 0 Å². The van der Waals surface area contributed by atoms with Crippen molar-refractivity contribution in [1.29, 1.82) is 0 Å². The summed E-state index contributed by atoms with van der Waals surface area (Å²) in [4.78, 5) is 8.55. The molecule has 18 heavy (non-hydrogen) atoms. The lowest BCUT2D eigenvalue weighted by Crippen LogP contribution is -2.24. The molecule has 2 rings (SSSR count). The number of hydrogen-bond acceptors (Lipinski definition) is 3. The van der Waals surface area contributed by atoms with E-state index in [0.717, 1.165) is 29.0 Å². The Labute approximate surface area is 116 Å². The van der Waals surface area contributed by atoms with E-state index in [2.05, 4.69) is 55.7 Å². The van der Waals surface area contributed by atoms with Crippen LogP contribution in [0.2, 0.25) is 0 Å². The van der Waals surface area contributed by atoms with Crippen LogP contribution in [0.1, 0.15) is 25.2 Å². The number of imidazole rings is 1. The molecule has 0 atom stereocenters. The molecule has 5 heteroatoms.